The molecule has 1 heterocycles. The van der Waals surface area contributed by atoms with Gasteiger partial charge in [0.2, 0.25) is 0 Å². The lowest BCUT2D eigenvalue weighted by Gasteiger charge is -1.98. The van der Waals surface area contributed by atoms with Crippen LogP contribution in [0.1, 0.15) is 0 Å². The number of nitrogens with one attached hydrogen (secondary N) is 1. The molecule has 1 N–H and O–H groups in total. The Hall–Kier alpha value is -1.35. The third kappa shape index (κ3) is 1.21. The molecular formula is C9H5ClFNO. The summed E-state index contributed by atoms with van der Waals surface area (Å²) in [5, 5.41) is 0.518. The Kier molecular flexibility index (Phi) is 1.81. The van der Waals surface area contributed by atoms with Gasteiger partial charge < -0.3 is 4.98 Å². The molecule has 0 saturated carbocycles. The lowest BCUT2D eigenvalue weighted by Crippen LogP contribution is -2.06. The van der Waals surface area contributed by atoms with Gasteiger partial charge in [0.1, 0.15) is 0 Å². The highest BCUT2D eigenvalue weighted by Gasteiger charge is 2.07. The lowest BCUT2D eigenvalue weighted by molar-refractivity contribution is 0.639. The molecule has 2 nitrogen and oxygen atoms in total. The summed E-state index contributed by atoms with van der Waals surface area (Å²) in [7, 11) is 0. The number of aromatic amines is 1. The smallest absolute Gasteiger partial charge is 0.258 e. The molecule has 1 aromatic heterocycles. The van der Waals surface area contributed by atoms with Crippen molar-refractivity contribution in [3.63, 3.8) is 0 Å². The van der Waals surface area contributed by atoms with Crippen molar-refractivity contribution >= 4 is 22.4 Å². The van der Waals surface area contributed by atoms with E-state index >= 15 is 0 Å². The van der Waals surface area contributed by atoms with Crippen LogP contribution in [0.5, 0.6) is 0 Å². The van der Waals surface area contributed by atoms with Crippen molar-refractivity contribution < 1.29 is 4.39 Å². The van der Waals surface area contributed by atoms with Gasteiger partial charge in [-0.05, 0) is 17.5 Å². The standard InChI is InChI=1S/C9H5ClFNO/c10-6-2-1-5-3-4-12-9(13)7(5)8(6)11/h1-4H,(H,12,13). The van der Waals surface area contributed by atoms with Crippen LogP contribution in [0.15, 0.2) is 29.2 Å². The van der Waals surface area contributed by atoms with E-state index in [4.69, 9.17) is 11.6 Å². The minimum absolute atomic E-state index is 0.00926. The molecule has 0 aliphatic rings. The molecule has 0 atom stereocenters. The average molecular weight is 198 g/mol. The molecule has 4 heteroatoms. The van der Waals surface area contributed by atoms with E-state index in [1.165, 1.54) is 12.3 Å². The van der Waals surface area contributed by atoms with E-state index < -0.39 is 11.4 Å². The van der Waals surface area contributed by atoms with E-state index in [2.05, 4.69) is 4.98 Å². The molecule has 0 radical (unpaired) electrons. The van der Waals surface area contributed by atoms with Gasteiger partial charge in [-0.25, -0.2) is 4.39 Å². The summed E-state index contributed by atoms with van der Waals surface area (Å²) < 4.78 is 13.3. The van der Waals surface area contributed by atoms with E-state index in [-0.39, 0.29) is 10.4 Å². The summed E-state index contributed by atoms with van der Waals surface area (Å²) in [5.74, 6) is -0.666. The number of rotatable bonds is 0. The molecule has 0 unspecified atom stereocenters. The van der Waals surface area contributed by atoms with Gasteiger partial charge in [0.25, 0.3) is 5.56 Å². The van der Waals surface area contributed by atoms with Crippen molar-refractivity contribution in [1.82, 2.24) is 4.98 Å². The van der Waals surface area contributed by atoms with E-state index in [1.807, 2.05) is 0 Å². The maximum absolute atomic E-state index is 13.3. The average Bonchev–Trinajstić information content (AvgIpc) is 2.12. The first kappa shape index (κ1) is 8.26. The molecule has 2 aromatic rings. The van der Waals surface area contributed by atoms with Crippen LogP contribution >= 0.6 is 11.6 Å². The van der Waals surface area contributed by atoms with E-state index in [1.54, 1.807) is 12.1 Å². The summed E-state index contributed by atoms with van der Waals surface area (Å²) in [5.41, 5.74) is -0.461. The zero-order valence-corrected chi connectivity index (χ0v) is 7.23. The summed E-state index contributed by atoms with van der Waals surface area (Å²) in [6.45, 7) is 0. The SMILES string of the molecule is O=c1[nH]ccc2ccc(Cl)c(F)c12. The molecule has 13 heavy (non-hydrogen) atoms. The number of H-pyrrole nitrogens is 1. The molecule has 0 fully saturated rings. The second-order valence-corrected chi connectivity index (χ2v) is 3.04. The molecular weight excluding hydrogens is 193 g/mol. The zero-order valence-electron chi connectivity index (χ0n) is 6.47. The Labute approximate surface area is 78.0 Å². The van der Waals surface area contributed by atoms with Gasteiger partial charge >= 0.3 is 0 Å². The largest absolute Gasteiger partial charge is 0.328 e. The molecule has 0 aliphatic heterocycles. The summed E-state index contributed by atoms with van der Waals surface area (Å²) in [4.78, 5) is 13.6. The first-order chi connectivity index (χ1) is 6.20. The van der Waals surface area contributed by atoms with Gasteiger partial charge in [-0.2, -0.15) is 0 Å². The van der Waals surface area contributed by atoms with E-state index in [0.717, 1.165) is 0 Å². The van der Waals surface area contributed by atoms with Crippen LogP contribution in [0.25, 0.3) is 10.8 Å². The fourth-order valence-corrected chi connectivity index (χ4v) is 1.37. The highest BCUT2D eigenvalue weighted by molar-refractivity contribution is 6.31. The third-order valence-electron chi connectivity index (χ3n) is 1.83. The van der Waals surface area contributed by atoms with Crippen LogP contribution in [0.3, 0.4) is 0 Å². The van der Waals surface area contributed by atoms with Crippen molar-refractivity contribution in [1.29, 1.82) is 0 Å². The fraction of sp³-hybridized carbons (Fsp3) is 0. The van der Waals surface area contributed by atoms with Gasteiger partial charge in [-0.3, -0.25) is 4.79 Å². The van der Waals surface area contributed by atoms with Crippen LogP contribution in [-0.4, -0.2) is 4.98 Å². The second-order valence-electron chi connectivity index (χ2n) is 2.63. The first-order valence-corrected chi connectivity index (χ1v) is 4.03. The Morgan fingerprint density at radius 1 is 1.31 bits per heavy atom. The van der Waals surface area contributed by atoms with Crippen LogP contribution in [-0.2, 0) is 0 Å². The second kappa shape index (κ2) is 2.85. The Morgan fingerprint density at radius 3 is 2.85 bits per heavy atom. The number of benzene rings is 1. The molecule has 0 spiro atoms. The minimum atomic E-state index is -0.666. The van der Waals surface area contributed by atoms with Crippen molar-refractivity contribution in [2.45, 2.75) is 0 Å². The number of fused-ring (bicyclic) bond motifs is 1. The Morgan fingerprint density at radius 2 is 2.08 bits per heavy atom. The molecule has 1 aromatic carbocycles. The van der Waals surface area contributed by atoms with Crippen LogP contribution < -0.4 is 5.56 Å². The Balaban J connectivity index is 3.06. The third-order valence-corrected chi connectivity index (χ3v) is 2.12. The van der Waals surface area contributed by atoms with Crippen molar-refractivity contribution in [3.8, 4) is 0 Å². The van der Waals surface area contributed by atoms with Crippen LogP contribution in [0, 0.1) is 5.82 Å². The van der Waals surface area contributed by atoms with Crippen LogP contribution in [0.2, 0.25) is 5.02 Å². The van der Waals surface area contributed by atoms with Gasteiger partial charge in [0.15, 0.2) is 5.82 Å². The number of halogens is 2. The van der Waals surface area contributed by atoms with Gasteiger partial charge in [-0.1, -0.05) is 17.7 Å². The fourth-order valence-electron chi connectivity index (χ4n) is 1.21. The summed E-state index contributed by atoms with van der Waals surface area (Å²) in [6, 6.07) is 4.66. The number of pyridine rings is 1. The van der Waals surface area contributed by atoms with Crippen LogP contribution in [0.4, 0.5) is 4.39 Å². The molecule has 66 valence electrons. The number of aromatic nitrogens is 1. The maximum Gasteiger partial charge on any atom is 0.258 e. The maximum atomic E-state index is 13.3. The normalized spacial score (nSPS) is 10.6. The molecule has 0 aliphatic carbocycles. The first-order valence-electron chi connectivity index (χ1n) is 3.65. The van der Waals surface area contributed by atoms with E-state index in [0.29, 0.717) is 5.39 Å². The predicted octanol–water partition coefficient (Wildman–Crippen LogP) is 2.32. The van der Waals surface area contributed by atoms with Gasteiger partial charge in [0.05, 0.1) is 10.4 Å². The van der Waals surface area contributed by atoms with Gasteiger partial charge in [-0.15, -0.1) is 0 Å². The van der Waals surface area contributed by atoms with E-state index in [9.17, 15) is 9.18 Å². The molecule has 0 amide bonds. The van der Waals surface area contributed by atoms with Crippen molar-refractivity contribution in [3.05, 3.63) is 45.6 Å². The number of hydrogen-bond donors (Lipinski definition) is 1. The predicted molar refractivity (Wildman–Crippen MR) is 49.5 cm³/mol. The molecule has 0 saturated heterocycles. The quantitative estimate of drug-likeness (QED) is 0.691. The highest BCUT2D eigenvalue weighted by Crippen LogP contribution is 2.20. The number of hydrogen-bond acceptors (Lipinski definition) is 1. The minimum Gasteiger partial charge on any atom is -0.328 e. The zero-order chi connectivity index (χ0) is 9.42. The Bertz CT molecular complexity index is 520. The topological polar surface area (TPSA) is 32.9 Å². The molecule has 0 bridgehead atoms. The van der Waals surface area contributed by atoms with Crippen molar-refractivity contribution in [2.75, 3.05) is 0 Å². The summed E-state index contributed by atoms with van der Waals surface area (Å²) >= 11 is 5.53. The molecule has 2 rings (SSSR count). The monoisotopic (exact) mass is 197 g/mol. The summed E-state index contributed by atoms with van der Waals surface area (Å²) in [6.07, 6.45) is 1.47. The van der Waals surface area contributed by atoms with Gasteiger partial charge in [0, 0.05) is 6.20 Å². The van der Waals surface area contributed by atoms with Crippen molar-refractivity contribution in [2.24, 2.45) is 0 Å². The lowest BCUT2D eigenvalue weighted by atomic mass is 10.2. The highest BCUT2D eigenvalue weighted by atomic mass is 35.5.